The average Bonchev–Trinajstić information content (AvgIpc) is 2.84. The van der Waals surface area contributed by atoms with Crippen molar-refractivity contribution < 1.29 is 9.47 Å². The molecule has 0 saturated carbocycles. The number of ether oxygens (including phenoxy) is 2. The highest BCUT2D eigenvalue weighted by molar-refractivity contribution is 5.94. The maximum absolute atomic E-state index is 12.6. The highest BCUT2D eigenvalue weighted by atomic mass is 16.5. The number of aromatic nitrogens is 5. The number of H-pyrrole nitrogens is 1. The van der Waals surface area contributed by atoms with Crippen LogP contribution in [0.25, 0.3) is 22.2 Å². The molecule has 0 bridgehead atoms. The van der Waals surface area contributed by atoms with E-state index in [1.807, 2.05) is 19.1 Å². The molecule has 0 radical (unpaired) electrons. The fourth-order valence-corrected chi connectivity index (χ4v) is 3.90. The number of morpholine rings is 1. The number of nitrogens with one attached hydrogen (secondary N) is 2. The Hall–Kier alpha value is -4.25. The molecule has 1 fully saturated rings. The highest BCUT2D eigenvalue weighted by Gasteiger charge is 2.18. The minimum atomic E-state index is -0.257. The van der Waals surface area contributed by atoms with Crippen molar-refractivity contribution in [3.63, 3.8) is 0 Å². The summed E-state index contributed by atoms with van der Waals surface area (Å²) < 4.78 is 10.8. The lowest BCUT2D eigenvalue weighted by atomic mass is 10.1. The number of pyridine rings is 3. The number of aromatic amines is 1. The van der Waals surface area contributed by atoms with Crippen molar-refractivity contribution in [1.29, 1.82) is 0 Å². The van der Waals surface area contributed by atoms with Crippen molar-refractivity contribution in [2.75, 3.05) is 42.8 Å². The number of hydrogen-bond donors (Lipinski definition) is 3. The molecular formula is C23H24N8O3. The van der Waals surface area contributed by atoms with Crippen LogP contribution < -0.4 is 26.2 Å². The summed E-state index contributed by atoms with van der Waals surface area (Å²) in [5.74, 6) is 1.63. The number of rotatable bonds is 5. The summed E-state index contributed by atoms with van der Waals surface area (Å²) in [5, 5.41) is 4.35. The predicted octanol–water partition coefficient (Wildman–Crippen LogP) is 2.33. The summed E-state index contributed by atoms with van der Waals surface area (Å²) >= 11 is 0. The Labute approximate surface area is 195 Å². The van der Waals surface area contributed by atoms with E-state index in [-0.39, 0.29) is 23.4 Å². The molecule has 0 spiro atoms. The molecule has 1 aliphatic rings. The Morgan fingerprint density at radius 2 is 2.09 bits per heavy atom. The van der Waals surface area contributed by atoms with Crippen LogP contribution in [0.5, 0.6) is 5.88 Å². The van der Waals surface area contributed by atoms with E-state index in [1.165, 1.54) is 13.3 Å². The van der Waals surface area contributed by atoms with Crippen LogP contribution in [0.4, 0.5) is 23.1 Å². The first-order chi connectivity index (χ1) is 16.5. The Balaban J connectivity index is 1.52. The number of methoxy groups -OCH3 is 1. The van der Waals surface area contributed by atoms with Crippen molar-refractivity contribution in [3.8, 4) is 17.3 Å². The summed E-state index contributed by atoms with van der Waals surface area (Å²) in [7, 11) is 1.47. The van der Waals surface area contributed by atoms with Gasteiger partial charge in [-0.05, 0) is 36.6 Å². The van der Waals surface area contributed by atoms with Gasteiger partial charge in [-0.15, -0.1) is 0 Å². The van der Waals surface area contributed by atoms with Crippen LogP contribution in [0, 0.1) is 0 Å². The first-order valence-corrected chi connectivity index (χ1v) is 10.8. The van der Waals surface area contributed by atoms with Crippen LogP contribution >= 0.6 is 0 Å². The zero-order chi connectivity index (χ0) is 23.7. The fourth-order valence-electron chi connectivity index (χ4n) is 3.90. The quantitative estimate of drug-likeness (QED) is 0.406. The molecule has 1 atom stereocenters. The molecule has 174 valence electrons. The fraction of sp³-hybridized carbons (Fsp3) is 0.261. The summed E-state index contributed by atoms with van der Waals surface area (Å²) in [5.41, 5.74) is 7.21. The van der Waals surface area contributed by atoms with Gasteiger partial charge in [0.15, 0.2) is 5.82 Å². The second kappa shape index (κ2) is 8.94. The topological polar surface area (TPSA) is 144 Å². The molecule has 4 aromatic rings. The highest BCUT2D eigenvalue weighted by Crippen LogP contribution is 2.29. The van der Waals surface area contributed by atoms with Gasteiger partial charge >= 0.3 is 0 Å². The molecule has 1 aliphatic heterocycles. The molecule has 0 amide bonds. The van der Waals surface area contributed by atoms with Crippen LogP contribution in [0.2, 0.25) is 0 Å². The molecule has 4 N–H and O–H groups in total. The molecule has 1 saturated heterocycles. The van der Waals surface area contributed by atoms with Gasteiger partial charge in [0.2, 0.25) is 0 Å². The normalized spacial score (nSPS) is 15.9. The SMILES string of the molecule is COc1nc(-c2cc3cc[nH]c(=O)c3c(Nc3ccc(N4CCO[C@@H](C)C4)nc3)n2)cnc1N. The van der Waals surface area contributed by atoms with E-state index < -0.39 is 0 Å². The lowest BCUT2D eigenvalue weighted by molar-refractivity contribution is 0.0529. The van der Waals surface area contributed by atoms with E-state index in [2.05, 4.69) is 35.1 Å². The Kier molecular flexibility index (Phi) is 5.68. The van der Waals surface area contributed by atoms with Crippen molar-refractivity contribution in [3.05, 3.63) is 53.2 Å². The van der Waals surface area contributed by atoms with Crippen LogP contribution in [0.1, 0.15) is 6.92 Å². The minimum absolute atomic E-state index is 0.161. The number of nitrogen functional groups attached to an aromatic ring is 1. The molecule has 34 heavy (non-hydrogen) atoms. The standard InChI is InChI=1S/C23H24N8O3/c1-13-12-31(7-8-34-13)18-4-3-15(10-26-18)28-21-19-14(5-6-25-22(19)32)9-16(29-21)17-11-27-20(24)23(30-17)33-2/h3-6,9-11,13H,7-8,12H2,1-2H3,(H2,24,27)(H,25,32)(H,28,29)/t13-/m0/s1. The number of nitrogens with two attached hydrogens (primary N) is 1. The van der Waals surface area contributed by atoms with E-state index in [1.54, 1.807) is 24.5 Å². The minimum Gasteiger partial charge on any atom is -0.478 e. The number of anilines is 4. The zero-order valence-corrected chi connectivity index (χ0v) is 18.8. The van der Waals surface area contributed by atoms with Crippen LogP contribution in [-0.4, -0.2) is 57.8 Å². The summed E-state index contributed by atoms with van der Waals surface area (Å²) in [6, 6.07) is 7.42. The molecule has 0 unspecified atom stereocenters. The van der Waals surface area contributed by atoms with E-state index in [0.717, 1.165) is 18.9 Å². The van der Waals surface area contributed by atoms with E-state index >= 15 is 0 Å². The van der Waals surface area contributed by atoms with E-state index in [9.17, 15) is 4.79 Å². The largest absolute Gasteiger partial charge is 0.478 e. The van der Waals surface area contributed by atoms with Gasteiger partial charge in [0.25, 0.3) is 11.4 Å². The molecule has 11 nitrogen and oxygen atoms in total. The third kappa shape index (κ3) is 4.20. The van der Waals surface area contributed by atoms with Gasteiger partial charge in [-0.3, -0.25) is 4.79 Å². The Bertz CT molecular complexity index is 1390. The van der Waals surface area contributed by atoms with Gasteiger partial charge in [0, 0.05) is 19.3 Å². The number of nitrogens with zero attached hydrogens (tertiary/aromatic N) is 5. The Morgan fingerprint density at radius 3 is 2.85 bits per heavy atom. The zero-order valence-electron chi connectivity index (χ0n) is 18.8. The van der Waals surface area contributed by atoms with Gasteiger partial charge in [-0.25, -0.2) is 19.9 Å². The number of fused-ring (bicyclic) bond motifs is 1. The third-order valence-electron chi connectivity index (χ3n) is 5.55. The summed E-state index contributed by atoms with van der Waals surface area (Å²) in [4.78, 5) is 35.3. The second-order valence-electron chi connectivity index (χ2n) is 7.93. The van der Waals surface area contributed by atoms with Crippen molar-refractivity contribution in [1.82, 2.24) is 24.9 Å². The molecule has 0 aromatic carbocycles. The molecule has 5 heterocycles. The second-order valence-corrected chi connectivity index (χ2v) is 7.93. The third-order valence-corrected chi connectivity index (χ3v) is 5.55. The maximum Gasteiger partial charge on any atom is 0.259 e. The van der Waals surface area contributed by atoms with Gasteiger partial charge in [-0.2, -0.15) is 0 Å². The Morgan fingerprint density at radius 1 is 1.21 bits per heavy atom. The van der Waals surface area contributed by atoms with E-state index in [0.29, 0.717) is 40.3 Å². The van der Waals surface area contributed by atoms with Crippen LogP contribution in [0.3, 0.4) is 0 Å². The van der Waals surface area contributed by atoms with Crippen molar-refractivity contribution in [2.45, 2.75) is 13.0 Å². The summed E-state index contributed by atoms with van der Waals surface area (Å²) in [6.07, 6.45) is 4.99. The van der Waals surface area contributed by atoms with Crippen molar-refractivity contribution in [2.24, 2.45) is 0 Å². The van der Waals surface area contributed by atoms with Gasteiger partial charge in [0.1, 0.15) is 17.3 Å². The predicted molar refractivity (Wildman–Crippen MR) is 130 cm³/mol. The first kappa shape index (κ1) is 21.6. The van der Waals surface area contributed by atoms with Gasteiger partial charge in [-0.1, -0.05) is 0 Å². The van der Waals surface area contributed by atoms with E-state index in [4.69, 9.17) is 15.2 Å². The number of hydrogen-bond acceptors (Lipinski definition) is 10. The molecule has 0 aliphatic carbocycles. The monoisotopic (exact) mass is 460 g/mol. The van der Waals surface area contributed by atoms with Crippen molar-refractivity contribution >= 4 is 33.9 Å². The maximum atomic E-state index is 12.6. The molecular weight excluding hydrogens is 436 g/mol. The van der Waals surface area contributed by atoms with Crippen LogP contribution in [0.15, 0.2) is 47.7 Å². The molecule has 5 rings (SSSR count). The average molecular weight is 460 g/mol. The smallest absolute Gasteiger partial charge is 0.259 e. The van der Waals surface area contributed by atoms with Crippen LogP contribution in [-0.2, 0) is 4.74 Å². The first-order valence-electron chi connectivity index (χ1n) is 10.8. The lowest BCUT2D eigenvalue weighted by Crippen LogP contribution is -2.41. The molecule has 4 aromatic heterocycles. The lowest BCUT2D eigenvalue weighted by Gasteiger charge is -2.32. The van der Waals surface area contributed by atoms with Gasteiger partial charge < -0.3 is 30.4 Å². The summed E-state index contributed by atoms with van der Waals surface area (Å²) in [6.45, 7) is 4.30. The van der Waals surface area contributed by atoms with Gasteiger partial charge in [0.05, 0.1) is 49.0 Å². The molecule has 11 heteroatoms.